The molecule has 0 atom stereocenters. The molecule has 4 nitrogen and oxygen atoms in total. The molecule has 14 heavy (non-hydrogen) atoms. The van der Waals surface area contributed by atoms with Crippen molar-refractivity contribution in [3.63, 3.8) is 0 Å². The van der Waals surface area contributed by atoms with Crippen molar-refractivity contribution in [1.82, 2.24) is 0 Å². The lowest BCUT2D eigenvalue weighted by atomic mass is 10.1. The van der Waals surface area contributed by atoms with Crippen LogP contribution in [0.1, 0.15) is 10.4 Å². The maximum absolute atomic E-state index is 11.3. The Morgan fingerprint density at radius 3 is 2.79 bits per heavy atom. The minimum atomic E-state index is -0.329. The molecule has 0 saturated heterocycles. The highest BCUT2D eigenvalue weighted by Gasteiger charge is 2.09. The second kappa shape index (κ2) is 4.86. The van der Waals surface area contributed by atoms with Crippen molar-refractivity contribution in [3.8, 4) is 0 Å². The topological polar surface area (TPSA) is 65.8 Å². The molecule has 0 N–H and O–H groups in total. The van der Waals surface area contributed by atoms with Crippen LogP contribution in [0.5, 0.6) is 0 Å². The molecule has 0 unspecified atom stereocenters. The maximum Gasteiger partial charge on any atom is 0.170 e. The molecule has 0 saturated carbocycles. The fourth-order valence-electron chi connectivity index (χ4n) is 0.897. The van der Waals surface area contributed by atoms with E-state index in [1.165, 1.54) is 12.1 Å². The number of halogens is 2. The van der Waals surface area contributed by atoms with Gasteiger partial charge in [-0.3, -0.25) is 4.79 Å². The van der Waals surface area contributed by atoms with Gasteiger partial charge >= 0.3 is 0 Å². The largest absolute Gasteiger partial charge is 0.294 e. The fraction of sp³-hybridized carbons (Fsp3) is 0.125. The number of carbonyl (C=O) groups is 1. The minimum absolute atomic E-state index is 0.238. The van der Waals surface area contributed by atoms with Gasteiger partial charge in [0.25, 0.3) is 0 Å². The highest BCUT2D eigenvalue weighted by atomic mass is 35.5. The third kappa shape index (κ3) is 2.64. The first kappa shape index (κ1) is 10.9. The van der Waals surface area contributed by atoms with Crippen LogP contribution < -0.4 is 0 Å². The van der Waals surface area contributed by atoms with E-state index >= 15 is 0 Å². The van der Waals surface area contributed by atoms with Crippen LogP contribution in [0.2, 0.25) is 10.0 Å². The molecule has 0 aromatic heterocycles. The SMILES string of the molecule is [N-]=[N+]=NCC(=O)c1ccc(Cl)cc1Cl. The number of carbonyl (C=O) groups excluding carboxylic acids is 1. The van der Waals surface area contributed by atoms with Crippen molar-refractivity contribution >= 4 is 29.0 Å². The van der Waals surface area contributed by atoms with Crippen molar-refractivity contribution in [2.45, 2.75) is 0 Å². The molecular weight excluding hydrogens is 225 g/mol. The lowest BCUT2D eigenvalue weighted by Gasteiger charge is -2.00. The number of nitrogens with zero attached hydrogens (tertiary/aromatic N) is 3. The maximum atomic E-state index is 11.3. The Hall–Kier alpha value is -1.22. The van der Waals surface area contributed by atoms with E-state index < -0.39 is 0 Å². The lowest BCUT2D eigenvalue weighted by molar-refractivity contribution is 0.100. The van der Waals surface area contributed by atoms with Crippen molar-refractivity contribution in [2.75, 3.05) is 6.54 Å². The van der Waals surface area contributed by atoms with Crippen LogP contribution in [0.25, 0.3) is 10.4 Å². The summed E-state index contributed by atoms with van der Waals surface area (Å²) in [6, 6.07) is 4.52. The van der Waals surface area contributed by atoms with E-state index in [1.807, 2.05) is 0 Å². The molecule has 6 heteroatoms. The third-order valence-electron chi connectivity index (χ3n) is 1.51. The quantitative estimate of drug-likeness (QED) is 0.339. The van der Waals surface area contributed by atoms with E-state index in [9.17, 15) is 4.79 Å². The van der Waals surface area contributed by atoms with E-state index in [4.69, 9.17) is 28.7 Å². The average Bonchev–Trinajstić information content (AvgIpc) is 2.14. The summed E-state index contributed by atoms with van der Waals surface area (Å²) in [6.45, 7) is -0.238. The molecule has 1 rings (SSSR count). The predicted octanol–water partition coefficient (Wildman–Crippen LogP) is 3.49. The number of rotatable bonds is 3. The smallest absolute Gasteiger partial charge is 0.170 e. The Morgan fingerprint density at radius 2 is 2.21 bits per heavy atom. The molecule has 72 valence electrons. The zero-order chi connectivity index (χ0) is 10.6. The van der Waals surface area contributed by atoms with Crippen LogP contribution in [-0.2, 0) is 0 Å². The molecule has 0 heterocycles. The molecule has 0 spiro atoms. The summed E-state index contributed by atoms with van der Waals surface area (Å²) in [5.74, 6) is -0.329. The number of benzene rings is 1. The molecule has 1 aromatic carbocycles. The molecule has 0 bridgehead atoms. The van der Waals surface area contributed by atoms with Gasteiger partial charge in [-0.1, -0.05) is 28.3 Å². The first-order valence-electron chi connectivity index (χ1n) is 3.64. The predicted molar refractivity (Wildman–Crippen MR) is 54.8 cm³/mol. The Morgan fingerprint density at radius 1 is 1.50 bits per heavy atom. The van der Waals surface area contributed by atoms with E-state index in [0.717, 1.165) is 0 Å². The summed E-state index contributed by atoms with van der Waals surface area (Å²) < 4.78 is 0. The summed E-state index contributed by atoms with van der Waals surface area (Å²) >= 11 is 11.4. The van der Waals surface area contributed by atoms with Gasteiger partial charge in [-0.2, -0.15) is 0 Å². The van der Waals surface area contributed by atoms with Crippen molar-refractivity contribution in [2.24, 2.45) is 5.11 Å². The number of ketones is 1. The normalized spacial score (nSPS) is 9.29. The van der Waals surface area contributed by atoms with E-state index in [-0.39, 0.29) is 17.4 Å². The number of azide groups is 1. The monoisotopic (exact) mass is 229 g/mol. The highest BCUT2D eigenvalue weighted by molar-refractivity contribution is 6.36. The van der Waals surface area contributed by atoms with Gasteiger partial charge in [0.05, 0.1) is 11.6 Å². The number of hydrogen-bond acceptors (Lipinski definition) is 2. The first-order valence-corrected chi connectivity index (χ1v) is 4.40. The molecule has 0 radical (unpaired) electrons. The molecule has 0 fully saturated rings. The van der Waals surface area contributed by atoms with Crippen LogP contribution in [0.3, 0.4) is 0 Å². The summed E-state index contributed by atoms with van der Waals surface area (Å²) in [7, 11) is 0. The van der Waals surface area contributed by atoms with Gasteiger partial charge in [0.15, 0.2) is 5.78 Å². The van der Waals surface area contributed by atoms with Gasteiger partial charge in [-0.05, 0) is 23.7 Å². The second-order valence-electron chi connectivity index (χ2n) is 2.44. The van der Waals surface area contributed by atoms with Crippen molar-refractivity contribution in [1.29, 1.82) is 0 Å². The second-order valence-corrected chi connectivity index (χ2v) is 3.28. The zero-order valence-electron chi connectivity index (χ0n) is 6.94. The average molecular weight is 230 g/mol. The Labute approximate surface area is 90.1 Å². The Balaban J connectivity index is 2.95. The van der Waals surface area contributed by atoms with E-state index in [1.54, 1.807) is 6.07 Å². The molecular formula is C8H5Cl2N3O. The molecule has 1 aromatic rings. The van der Waals surface area contributed by atoms with Crippen LogP contribution >= 0.6 is 23.2 Å². The summed E-state index contributed by atoms with van der Waals surface area (Å²) in [5, 5.41) is 3.86. The van der Waals surface area contributed by atoms with Gasteiger partial charge in [-0.25, -0.2) is 0 Å². The number of hydrogen-bond donors (Lipinski definition) is 0. The van der Waals surface area contributed by atoms with E-state index in [0.29, 0.717) is 10.6 Å². The molecule has 0 amide bonds. The zero-order valence-corrected chi connectivity index (χ0v) is 8.46. The van der Waals surface area contributed by atoms with Crippen LogP contribution in [0.4, 0.5) is 0 Å². The summed E-state index contributed by atoms with van der Waals surface area (Å²) in [5.41, 5.74) is 8.34. The van der Waals surface area contributed by atoms with E-state index in [2.05, 4.69) is 10.0 Å². The standard InChI is InChI=1S/C8H5Cl2N3O/c9-5-1-2-6(7(10)3-5)8(14)4-12-13-11/h1-3H,4H2. The van der Waals surface area contributed by atoms with Gasteiger partial charge in [-0.15, -0.1) is 0 Å². The Kier molecular flexibility index (Phi) is 3.77. The number of Topliss-reactive ketones (excluding diaryl/α,β-unsaturated/α-hetero) is 1. The van der Waals surface area contributed by atoms with Crippen LogP contribution in [0.15, 0.2) is 23.3 Å². The summed E-state index contributed by atoms with van der Waals surface area (Å²) in [4.78, 5) is 13.8. The first-order chi connectivity index (χ1) is 6.65. The van der Waals surface area contributed by atoms with Crippen LogP contribution in [0, 0.1) is 0 Å². The lowest BCUT2D eigenvalue weighted by Crippen LogP contribution is -2.03. The minimum Gasteiger partial charge on any atom is -0.294 e. The Bertz CT molecular complexity index is 413. The van der Waals surface area contributed by atoms with Gasteiger partial charge in [0, 0.05) is 15.5 Å². The van der Waals surface area contributed by atoms with Crippen molar-refractivity contribution in [3.05, 3.63) is 44.3 Å². The van der Waals surface area contributed by atoms with Gasteiger partial charge < -0.3 is 0 Å². The fourth-order valence-corrected chi connectivity index (χ4v) is 1.41. The van der Waals surface area contributed by atoms with Gasteiger partial charge in [0.1, 0.15) is 0 Å². The molecule has 0 aliphatic rings. The van der Waals surface area contributed by atoms with Gasteiger partial charge in [0.2, 0.25) is 0 Å². The third-order valence-corrected chi connectivity index (χ3v) is 2.06. The molecule has 0 aliphatic heterocycles. The summed E-state index contributed by atoms with van der Waals surface area (Å²) in [6.07, 6.45) is 0. The van der Waals surface area contributed by atoms with Crippen molar-refractivity contribution < 1.29 is 4.79 Å². The molecule has 0 aliphatic carbocycles. The highest BCUT2D eigenvalue weighted by Crippen LogP contribution is 2.21. The van der Waals surface area contributed by atoms with Crippen LogP contribution in [-0.4, -0.2) is 12.3 Å².